The number of hydrogen-bond donors (Lipinski definition) is 2. The third-order valence-corrected chi connectivity index (χ3v) is 1.90. The summed E-state index contributed by atoms with van der Waals surface area (Å²) in [5.41, 5.74) is 1.29. The van der Waals surface area contributed by atoms with E-state index in [1.54, 1.807) is 19.1 Å². The number of aryl methyl sites for hydroxylation is 1. The molecule has 0 radical (unpaired) electrons. The number of methoxy groups -OCH3 is 1. The monoisotopic (exact) mass is 194 g/mol. The first-order valence-electron chi connectivity index (χ1n) is 4.10. The summed E-state index contributed by atoms with van der Waals surface area (Å²) in [5, 5.41) is 18.1. The number of carbonyl (C=O) groups is 1. The Morgan fingerprint density at radius 1 is 1.43 bits per heavy atom. The Bertz CT molecular complexity index is 349. The molecular weight excluding hydrogens is 183 g/mol. The average molecular weight is 194 g/mol. The third kappa shape index (κ3) is 1.94. The number of aldehydes is 1. The summed E-state index contributed by atoms with van der Waals surface area (Å²) >= 11 is 0. The molecular formula is C9H11BO4. The topological polar surface area (TPSA) is 66.8 Å². The van der Waals surface area contributed by atoms with Gasteiger partial charge in [-0.2, -0.15) is 0 Å². The molecule has 0 amide bonds. The Kier molecular flexibility index (Phi) is 3.27. The van der Waals surface area contributed by atoms with Gasteiger partial charge in [0.15, 0.2) is 6.29 Å². The van der Waals surface area contributed by atoms with Crippen LogP contribution in [0.15, 0.2) is 12.1 Å². The molecule has 74 valence electrons. The molecule has 0 saturated heterocycles. The van der Waals surface area contributed by atoms with Crippen molar-refractivity contribution in [3.8, 4) is 5.75 Å². The molecule has 0 unspecified atom stereocenters. The van der Waals surface area contributed by atoms with Gasteiger partial charge >= 0.3 is 7.12 Å². The Balaban J connectivity index is 3.39. The quantitative estimate of drug-likeness (QED) is 0.502. The van der Waals surface area contributed by atoms with Crippen LogP contribution in [0.25, 0.3) is 0 Å². The maximum Gasteiger partial charge on any atom is 0.492 e. The highest BCUT2D eigenvalue weighted by molar-refractivity contribution is 6.60. The van der Waals surface area contributed by atoms with Crippen LogP contribution >= 0.6 is 0 Å². The van der Waals surface area contributed by atoms with Crippen LogP contribution < -0.4 is 10.2 Å². The van der Waals surface area contributed by atoms with E-state index in [2.05, 4.69) is 0 Å². The molecule has 0 heterocycles. The van der Waals surface area contributed by atoms with Gasteiger partial charge in [-0.15, -0.1) is 0 Å². The van der Waals surface area contributed by atoms with Gasteiger partial charge in [0.1, 0.15) is 5.75 Å². The molecule has 1 rings (SSSR count). The second kappa shape index (κ2) is 4.26. The van der Waals surface area contributed by atoms with E-state index >= 15 is 0 Å². The van der Waals surface area contributed by atoms with Crippen LogP contribution in [0.5, 0.6) is 5.75 Å². The van der Waals surface area contributed by atoms with Crippen LogP contribution in [0.1, 0.15) is 15.9 Å². The van der Waals surface area contributed by atoms with Crippen LogP contribution in [0.3, 0.4) is 0 Å². The fraction of sp³-hybridized carbons (Fsp3) is 0.222. The molecule has 0 aliphatic rings. The van der Waals surface area contributed by atoms with Gasteiger partial charge in [0.05, 0.1) is 12.7 Å². The first-order valence-corrected chi connectivity index (χ1v) is 4.10. The molecule has 14 heavy (non-hydrogen) atoms. The van der Waals surface area contributed by atoms with E-state index in [0.29, 0.717) is 11.8 Å². The van der Waals surface area contributed by atoms with E-state index in [1.165, 1.54) is 7.11 Å². The van der Waals surface area contributed by atoms with E-state index < -0.39 is 7.12 Å². The van der Waals surface area contributed by atoms with Gasteiger partial charge < -0.3 is 14.8 Å². The second-order valence-corrected chi connectivity index (χ2v) is 2.97. The van der Waals surface area contributed by atoms with Crippen molar-refractivity contribution in [1.29, 1.82) is 0 Å². The molecule has 0 aliphatic carbocycles. The summed E-state index contributed by atoms with van der Waals surface area (Å²) in [6, 6.07) is 3.19. The summed E-state index contributed by atoms with van der Waals surface area (Å²) < 4.78 is 4.93. The highest BCUT2D eigenvalue weighted by Gasteiger charge is 2.19. The van der Waals surface area contributed by atoms with Gasteiger partial charge in [-0.05, 0) is 13.0 Å². The number of ether oxygens (including phenoxy) is 1. The first-order chi connectivity index (χ1) is 6.60. The smallest absolute Gasteiger partial charge is 0.492 e. The number of rotatable bonds is 3. The van der Waals surface area contributed by atoms with Crippen molar-refractivity contribution in [2.45, 2.75) is 6.92 Å². The lowest BCUT2D eigenvalue weighted by molar-refractivity contribution is 0.112. The van der Waals surface area contributed by atoms with Crippen molar-refractivity contribution >= 4 is 18.9 Å². The molecule has 0 aliphatic heterocycles. The van der Waals surface area contributed by atoms with E-state index in [0.717, 1.165) is 5.56 Å². The van der Waals surface area contributed by atoms with E-state index in [4.69, 9.17) is 14.8 Å². The average Bonchev–Trinajstić information content (AvgIpc) is 2.16. The Morgan fingerprint density at radius 3 is 2.50 bits per heavy atom. The molecule has 4 nitrogen and oxygen atoms in total. The van der Waals surface area contributed by atoms with Crippen molar-refractivity contribution in [1.82, 2.24) is 0 Å². The maximum atomic E-state index is 10.7. The first kappa shape index (κ1) is 10.8. The molecule has 1 aromatic carbocycles. The maximum absolute atomic E-state index is 10.7. The summed E-state index contributed by atoms with van der Waals surface area (Å²) in [6.45, 7) is 1.76. The zero-order valence-corrected chi connectivity index (χ0v) is 8.02. The lowest BCUT2D eigenvalue weighted by atomic mass is 9.78. The molecule has 0 fully saturated rings. The predicted molar refractivity (Wildman–Crippen MR) is 52.9 cm³/mol. The van der Waals surface area contributed by atoms with Crippen molar-refractivity contribution in [2.24, 2.45) is 0 Å². The summed E-state index contributed by atoms with van der Waals surface area (Å²) in [4.78, 5) is 10.7. The third-order valence-electron chi connectivity index (χ3n) is 1.90. The largest absolute Gasteiger partial charge is 0.496 e. The van der Waals surface area contributed by atoms with E-state index in [9.17, 15) is 4.79 Å². The zero-order chi connectivity index (χ0) is 10.7. The Labute approximate surface area is 82.3 Å². The van der Waals surface area contributed by atoms with Gasteiger partial charge in [-0.25, -0.2) is 0 Å². The van der Waals surface area contributed by atoms with E-state index in [1.807, 2.05) is 0 Å². The molecule has 1 aromatic rings. The van der Waals surface area contributed by atoms with Gasteiger partial charge in [-0.3, -0.25) is 4.79 Å². The van der Waals surface area contributed by atoms with Crippen LogP contribution in [-0.2, 0) is 0 Å². The van der Waals surface area contributed by atoms with Crippen LogP contribution in [0.4, 0.5) is 0 Å². The van der Waals surface area contributed by atoms with Crippen LogP contribution in [0.2, 0.25) is 0 Å². The molecule has 2 N–H and O–H groups in total. The fourth-order valence-electron chi connectivity index (χ4n) is 1.35. The van der Waals surface area contributed by atoms with Crippen molar-refractivity contribution in [3.05, 3.63) is 23.3 Å². The molecule has 0 atom stereocenters. The van der Waals surface area contributed by atoms with E-state index in [-0.39, 0.29) is 11.2 Å². The van der Waals surface area contributed by atoms with Crippen molar-refractivity contribution in [2.75, 3.05) is 7.11 Å². The number of hydrogen-bond acceptors (Lipinski definition) is 4. The minimum Gasteiger partial charge on any atom is -0.496 e. The number of benzene rings is 1. The minimum atomic E-state index is -1.64. The lowest BCUT2D eigenvalue weighted by Crippen LogP contribution is -2.32. The highest BCUT2D eigenvalue weighted by Crippen LogP contribution is 2.15. The zero-order valence-electron chi connectivity index (χ0n) is 8.02. The minimum absolute atomic E-state index is 0.203. The standard InChI is InChI=1S/C9H11BO4/c1-6-3-7(5-11)9(14-2)8(4-6)10(12)13/h3-5,12-13H,1-2H3. The van der Waals surface area contributed by atoms with Crippen LogP contribution in [-0.4, -0.2) is 30.6 Å². The molecule has 0 spiro atoms. The molecule has 0 aromatic heterocycles. The fourth-order valence-corrected chi connectivity index (χ4v) is 1.35. The highest BCUT2D eigenvalue weighted by atomic mass is 16.5. The van der Waals surface area contributed by atoms with Gasteiger partial charge in [0.25, 0.3) is 0 Å². The number of carbonyl (C=O) groups excluding carboxylic acids is 1. The second-order valence-electron chi connectivity index (χ2n) is 2.97. The Hall–Kier alpha value is -1.33. The Morgan fingerprint density at radius 2 is 2.07 bits per heavy atom. The molecule has 0 bridgehead atoms. The molecule has 5 heteroatoms. The summed E-state index contributed by atoms with van der Waals surface area (Å²) in [5.74, 6) is 0.209. The van der Waals surface area contributed by atoms with Gasteiger partial charge in [-0.1, -0.05) is 11.6 Å². The van der Waals surface area contributed by atoms with Crippen LogP contribution in [0, 0.1) is 6.92 Å². The predicted octanol–water partition coefficient (Wildman–Crippen LogP) is -0.504. The normalized spacial score (nSPS) is 9.71. The van der Waals surface area contributed by atoms with Gasteiger partial charge in [0, 0.05) is 5.46 Å². The van der Waals surface area contributed by atoms with Gasteiger partial charge in [0.2, 0.25) is 0 Å². The van der Waals surface area contributed by atoms with Crippen molar-refractivity contribution in [3.63, 3.8) is 0 Å². The van der Waals surface area contributed by atoms with Crippen molar-refractivity contribution < 1.29 is 19.6 Å². The SMILES string of the molecule is COc1c(C=O)cc(C)cc1B(O)O. The summed E-state index contributed by atoms with van der Waals surface area (Å²) in [7, 11) is -0.257. The summed E-state index contributed by atoms with van der Waals surface area (Å²) in [6.07, 6.45) is 0.623. The lowest BCUT2D eigenvalue weighted by Gasteiger charge is -2.10. The molecule has 0 saturated carbocycles.